The molecule has 0 saturated carbocycles. The Labute approximate surface area is 186 Å². The smallest absolute Gasteiger partial charge is 0.367 e. The van der Waals surface area contributed by atoms with E-state index in [4.69, 9.17) is 0 Å². The van der Waals surface area contributed by atoms with Crippen molar-refractivity contribution in [3.63, 3.8) is 0 Å². The zero-order chi connectivity index (χ0) is 22.8. The molecular weight excluding hydrogens is 441 g/mol. The molecule has 2 aliphatic heterocycles. The van der Waals surface area contributed by atoms with Gasteiger partial charge in [-0.1, -0.05) is 12.1 Å². The molecule has 1 aromatic carbocycles. The van der Waals surface area contributed by atoms with Crippen molar-refractivity contribution in [2.45, 2.75) is 48.7 Å². The molecule has 0 bridgehead atoms. The van der Waals surface area contributed by atoms with Crippen LogP contribution in [0.1, 0.15) is 42.7 Å². The van der Waals surface area contributed by atoms with Crippen molar-refractivity contribution in [2.24, 2.45) is 0 Å². The Hall–Kier alpha value is -2.17. The first kappa shape index (κ1) is 23.0. The van der Waals surface area contributed by atoms with Gasteiger partial charge in [0.1, 0.15) is 5.82 Å². The fourth-order valence-electron chi connectivity index (χ4n) is 4.29. The molecule has 0 aliphatic carbocycles. The minimum Gasteiger partial charge on any atom is -0.367 e. The third-order valence-electron chi connectivity index (χ3n) is 6.18. The van der Waals surface area contributed by atoms with E-state index in [1.807, 2.05) is 12.1 Å². The van der Waals surface area contributed by atoms with Gasteiger partial charge >= 0.3 is 6.18 Å². The number of hydrogen-bond donors (Lipinski definition) is 2. The maximum Gasteiger partial charge on any atom is 0.417 e. The molecule has 0 spiro atoms. The van der Waals surface area contributed by atoms with E-state index in [-0.39, 0.29) is 6.04 Å². The first-order valence-electron chi connectivity index (χ1n) is 10.8. The van der Waals surface area contributed by atoms with Crippen LogP contribution in [0.15, 0.2) is 47.5 Å². The van der Waals surface area contributed by atoms with Crippen LogP contribution >= 0.6 is 0 Å². The quantitative estimate of drug-likeness (QED) is 0.698. The van der Waals surface area contributed by atoms with Gasteiger partial charge in [-0.3, -0.25) is 0 Å². The van der Waals surface area contributed by atoms with Crippen LogP contribution in [-0.4, -0.2) is 49.9 Å². The molecular formula is C22H27F3N4O2S. The van der Waals surface area contributed by atoms with Crippen LogP contribution in [0.5, 0.6) is 0 Å². The van der Waals surface area contributed by atoms with Crippen molar-refractivity contribution in [3.05, 3.63) is 53.7 Å². The lowest BCUT2D eigenvalue weighted by atomic mass is 9.92. The van der Waals surface area contributed by atoms with E-state index in [0.717, 1.165) is 43.8 Å². The minimum atomic E-state index is -4.42. The van der Waals surface area contributed by atoms with Crippen molar-refractivity contribution in [2.75, 3.05) is 31.5 Å². The Balaban J connectivity index is 1.34. The Bertz CT molecular complexity index is 997. The molecule has 1 unspecified atom stereocenters. The molecule has 10 heteroatoms. The van der Waals surface area contributed by atoms with Gasteiger partial charge in [0.25, 0.3) is 0 Å². The number of alkyl halides is 3. The first-order chi connectivity index (χ1) is 15.2. The molecule has 2 saturated heterocycles. The topological polar surface area (TPSA) is 74.3 Å². The molecule has 2 N–H and O–H groups in total. The summed E-state index contributed by atoms with van der Waals surface area (Å²) in [5, 5.41) is 6.48. The van der Waals surface area contributed by atoms with E-state index in [0.29, 0.717) is 42.6 Å². The summed E-state index contributed by atoms with van der Waals surface area (Å²) in [6.07, 6.45) is -0.295. The zero-order valence-electron chi connectivity index (χ0n) is 17.6. The molecule has 0 radical (unpaired) electrons. The summed E-state index contributed by atoms with van der Waals surface area (Å²) in [6.45, 7) is 2.63. The Morgan fingerprint density at radius 2 is 1.75 bits per heavy atom. The number of piperidine rings is 2. The second-order valence-corrected chi connectivity index (χ2v) is 10.3. The van der Waals surface area contributed by atoms with Crippen molar-refractivity contribution in [3.8, 4) is 0 Å². The minimum absolute atomic E-state index is 0.0492. The number of anilines is 1. The average Bonchev–Trinajstić information content (AvgIpc) is 2.80. The summed E-state index contributed by atoms with van der Waals surface area (Å²) < 4.78 is 65.6. The predicted molar refractivity (Wildman–Crippen MR) is 116 cm³/mol. The summed E-state index contributed by atoms with van der Waals surface area (Å²) in [6, 6.07) is 9.44. The highest BCUT2D eigenvalue weighted by molar-refractivity contribution is 7.89. The Morgan fingerprint density at radius 3 is 2.31 bits per heavy atom. The van der Waals surface area contributed by atoms with E-state index in [9.17, 15) is 21.6 Å². The molecule has 4 rings (SSSR count). The zero-order valence-corrected chi connectivity index (χ0v) is 18.4. The van der Waals surface area contributed by atoms with Crippen molar-refractivity contribution < 1.29 is 21.6 Å². The molecule has 174 valence electrons. The molecule has 0 amide bonds. The molecule has 3 heterocycles. The van der Waals surface area contributed by atoms with Crippen LogP contribution < -0.4 is 10.6 Å². The molecule has 2 aromatic rings. The second-order valence-electron chi connectivity index (χ2n) is 8.36. The predicted octanol–water partition coefficient (Wildman–Crippen LogP) is 3.83. The number of benzene rings is 1. The normalized spacial score (nSPS) is 21.4. The van der Waals surface area contributed by atoms with Gasteiger partial charge in [-0.05, 0) is 68.0 Å². The maximum absolute atomic E-state index is 13.0. The summed E-state index contributed by atoms with van der Waals surface area (Å²) >= 11 is 0. The summed E-state index contributed by atoms with van der Waals surface area (Å²) in [5.74, 6) is 0.772. The third kappa shape index (κ3) is 5.24. The summed E-state index contributed by atoms with van der Waals surface area (Å²) in [4.78, 5) is 4.13. The van der Waals surface area contributed by atoms with E-state index in [1.54, 1.807) is 12.1 Å². The van der Waals surface area contributed by atoms with Crippen molar-refractivity contribution >= 4 is 15.8 Å². The van der Waals surface area contributed by atoms with E-state index in [2.05, 4.69) is 15.6 Å². The lowest BCUT2D eigenvalue weighted by molar-refractivity contribution is -0.137. The van der Waals surface area contributed by atoms with Crippen LogP contribution in [0.2, 0.25) is 0 Å². The van der Waals surface area contributed by atoms with Gasteiger partial charge in [0.15, 0.2) is 0 Å². The lowest BCUT2D eigenvalue weighted by Crippen LogP contribution is -2.42. The van der Waals surface area contributed by atoms with E-state index in [1.165, 1.54) is 10.4 Å². The average molecular weight is 469 g/mol. The number of hydrogen-bond acceptors (Lipinski definition) is 5. The van der Waals surface area contributed by atoms with Crippen LogP contribution in [-0.2, 0) is 16.2 Å². The Morgan fingerprint density at radius 1 is 1.03 bits per heavy atom. The number of rotatable bonds is 5. The largest absolute Gasteiger partial charge is 0.417 e. The SMILES string of the molecule is O=S(=O)(c1ccc(C2CCCNC2)cc1)N1CCC(Nc2ccc(C(F)(F)F)cn2)CC1. The molecule has 32 heavy (non-hydrogen) atoms. The van der Waals surface area contributed by atoms with Gasteiger partial charge in [0, 0.05) is 31.9 Å². The number of nitrogens with zero attached hydrogens (tertiary/aromatic N) is 2. The molecule has 2 fully saturated rings. The fraction of sp³-hybridized carbons (Fsp3) is 0.500. The number of nitrogens with one attached hydrogen (secondary N) is 2. The molecule has 2 aliphatic rings. The Kier molecular flexibility index (Phi) is 6.73. The number of aromatic nitrogens is 1. The van der Waals surface area contributed by atoms with E-state index >= 15 is 0 Å². The maximum atomic E-state index is 13.0. The molecule has 1 aromatic heterocycles. The van der Waals surface area contributed by atoms with Gasteiger partial charge in [0.05, 0.1) is 10.5 Å². The van der Waals surface area contributed by atoms with Gasteiger partial charge in [-0.2, -0.15) is 17.5 Å². The van der Waals surface area contributed by atoms with Gasteiger partial charge < -0.3 is 10.6 Å². The van der Waals surface area contributed by atoms with Crippen molar-refractivity contribution in [1.29, 1.82) is 0 Å². The number of sulfonamides is 1. The van der Waals surface area contributed by atoms with Gasteiger partial charge in [0.2, 0.25) is 10.0 Å². The highest BCUT2D eigenvalue weighted by atomic mass is 32.2. The fourth-order valence-corrected chi connectivity index (χ4v) is 5.76. The van der Waals surface area contributed by atoms with Crippen molar-refractivity contribution in [1.82, 2.24) is 14.6 Å². The summed E-state index contributed by atoms with van der Waals surface area (Å²) in [7, 11) is -3.58. The van der Waals surface area contributed by atoms with Crippen LogP contribution in [0.3, 0.4) is 0 Å². The monoisotopic (exact) mass is 468 g/mol. The molecule has 6 nitrogen and oxygen atoms in total. The highest BCUT2D eigenvalue weighted by Gasteiger charge is 2.32. The number of pyridine rings is 1. The molecule has 1 atom stereocenters. The standard InChI is InChI=1S/C22H27F3N4O2S/c23-22(24,25)18-5-8-21(27-15-18)28-19-9-12-29(13-10-19)32(30,31)20-6-3-16(4-7-20)17-2-1-11-26-14-17/h3-8,15,17,19,26H,1-2,9-14H2,(H,27,28). The van der Waals surface area contributed by atoms with Crippen LogP contribution in [0, 0.1) is 0 Å². The highest BCUT2D eigenvalue weighted by Crippen LogP contribution is 2.30. The van der Waals surface area contributed by atoms with Crippen LogP contribution in [0.4, 0.5) is 19.0 Å². The third-order valence-corrected chi connectivity index (χ3v) is 8.10. The summed E-state index contributed by atoms with van der Waals surface area (Å²) in [5.41, 5.74) is 0.359. The van der Waals surface area contributed by atoms with E-state index < -0.39 is 21.8 Å². The number of halogens is 3. The van der Waals surface area contributed by atoms with Gasteiger partial charge in [-0.25, -0.2) is 13.4 Å². The first-order valence-corrected chi connectivity index (χ1v) is 12.3. The van der Waals surface area contributed by atoms with Gasteiger partial charge in [-0.15, -0.1) is 0 Å². The second kappa shape index (κ2) is 9.36. The lowest BCUT2D eigenvalue weighted by Gasteiger charge is -2.32. The van der Waals surface area contributed by atoms with Crippen LogP contribution in [0.25, 0.3) is 0 Å².